The molecule has 0 spiro atoms. The van der Waals surface area contributed by atoms with Crippen LogP contribution in [-0.4, -0.2) is 40.1 Å². The van der Waals surface area contributed by atoms with Crippen LogP contribution in [0.1, 0.15) is 21.9 Å². The van der Waals surface area contributed by atoms with Crippen molar-refractivity contribution in [2.45, 2.75) is 13.5 Å². The average Bonchev–Trinajstić information content (AvgIpc) is 2.64. The first-order valence-electron chi connectivity index (χ1n) is 5.39. The van der Waals surface area contributed by atoms with Crippen LogP contribution in [0.2, 0.25) is 0 Å². The summed E-state index contributed by atoms with van der Waals surface area (Å²) in [5.74, 6) is 0.679. The van der Waals surface area contributed by atoms with Gasteiger partial charge in [-0.15, -0.1) is 0 Å². The molecule has 0 atom stereocenters. The fraction of sp³-hybridized carbons (Fsp3) is 0.545. The SMILES string of the molecule is COC(=O)c1cc(CNCCS(C)(=O)=O)oc1C. The van der Waals surface area contributed by atoms with E-state index in [1.807, 2.05) is 0 Å². The third-order valence-corrected chi connectivity index (χ3v) is 3.27. The lowest BCUT2D eigenvalue weighted by molar-refractivity contribution is 0.0599. The summed E-state index contributed by atoms with van der Waals surface area (Å²) in [6.07, 6.45) is 1.18. The molecule has 0 aliphatic carbocycles. The minimum Gasteiger partial charge on any atom is -0.465 e. The van der Waals surface area contributed by atoms with Crippen LogP contribution in [0.5, 0.6) is 0 Å². The zero-order valence-electron chi connectivity index (χ0n) is 10.6. The van der Waals surface area contributed by atoms with Crippen molar-refractivity contribution in [1.82, 2.24) is 5.32 Å². The number of carbonyl (C=O) groups is 1. The number of methoxy groups -OCH3 is 1. The second kappa shape index (κ2) is 6.01. The predicted octanol–water partition coefficient (Wildman–Crippen LogP) is 0.509. The summed E-state index contributed by atoms with van der Waals surface area (Å²) in [5.41, 5.74) is 0.386. The van der Waals surface area contributed by atoms with E-state index in [4.69, 9.17) is 4.42 Å². The van der Waals surface area contributed by atoms with E-state index < -0.39 is 15.8 Å². The van der Waals surface area contributed by atoms with Gasteiger partial charge >= 0.3 is 5.97 Å². The molecule has 0 aromatic carbocycles. The smallest absolute Gasteiger partial charge is 0.341 e. The number of esters is 1. The molecular weight excluding hydrogens is 258 g/mol. The van der Waals surface area contributed by atoms with E-state index in [1.54, 1.807) is 13.0 Å². The van der Waals surface area contributed by atoms with Gasteiger partial charge in [0.05, 0.1) is 19.4 Å². The highest BCUT2D eigenvalue weighted by Gasteiger charge is 2.14. The van der Waals surface area contributed by atoms with Crippen LogP contribution in [-0.2, 0) is 21.1 Å². The summed E-state index contributed by atoms with van der Waals surface area (Å²) in [4.78, 5) is 11.3. The maximum absolute atomic E-state index is 11.3. The molecule has 0 aliphatic rings. The molecular formula is C11H17NO5S. The molecule has 0 saturated heterocycles. The number of ether oxygens (including phenoxy) is 1. The largest absolute Gasteiger partial charge is 0.465 e. The van der Waals surface area contributed by atoms with Crippen LogP contribution < -0.4 is 5.32 Å². The number of furan rings is 1. The van der Waals surface area contributed by atoms with Gasteiger partial charge in [-0.3, -0.25) is 0 Å². The number of nitrogens with one attached hydrogen (secondary N) is 1. The van der Waals surface area contributed by atoms with Gasteiger partial charge in [0.25, 0.3) is 0 Å². The highest BCUT2D eigenvalue weighted by molar-refractivity contribution is 7.90. The third kappa shape index (κ3) is 4.50. The van der Waals surface area contributed by atoms with Crippen LogP contribution in [0.15, 0.2) is 10.5 Å². The van der Waals surface area contributed by atoms with Gasteiger partial charge in [-0.1, -0.05) is 0 Å². The number of hydrogen-bond donors (Lipinski definition) is 1. The Labute approximate surface area is 106 Å². The van der Waals surface area contributed by atoms with E-state index in [9.17, 15) is 13.2 Å². The first-order chi connectivity index (χ1) is 8.33. The van der Waals surface area contributed by atoms with Gasteiger partial charge in [-0.25, -0.2) is 13.2 Å². The topological polar surface area (TPSA) is 85.6 Å². The molecule has 0 bridgehead atoms. The first-order valence-corrected chi connectivity index (χ1v) is 7.45. The molecule has 0 radical (unpaired) electrons. The van der Waals surface area contributed by atoms with Crippen molar-refractivity contribution in [2.75, 3.05) is 25.7 Å². The molecule has 18 heavy (non-hydrogen) atoms. The van der Waals surface area contributed by atoms with Crippen LogP contribution in [0.25, 0.3) is 0 Å². The molecule has 6 nitrogen and oxygen atoms in total. The fourth-order valence-corrected chi connectivity index (χ4v) is 1.93. The molecule has 1 rings (SSSR count). The second-order valence-corrected chi connectivity index (χ2v) is 6.24. The molecule has 7 heteroatoms. The standard InChI is InChI=1S/C11H17NO5S/c1-8-10(11(13)16-2)6-9(17-8)7-12-4-5-18(3,14)15/h6,12H,4-5,7H2,1-3H3. The number of rotatable bonds is 6. The van der Waals surface area contributed by atoms with Gasteiger partial charge in [0.15, 0.2) is 0 Å². The lowest BCUT2D eigenvalue weighted by atomic mass is 10.2. The molecule has 0 fully saturated rings. The fourth-order valence-electron chi connectivity index (χ4n) is 1.41. The van der Waals surface area contributed by atoms with Gasteiger partial charge in [0, 0.05) is 12.8 Å². The predicted molar refractivity (Wildman–Crippen MR) is 66.2 cm³/mol. The number of carbonyl (C=O) groups excluding carboxylic acids is 1. The van der Waals surface area contributed by atoms with Crippen LogP contribution in [0.3, 0.4) is 0 Å². The van der Waals surface area contributed by atoms with E-state index in [-0.39, 0.29) is 5.75 Å². The van der Waals surface area contributed by atoms with Crippen LogP contribution in [0.4, 0.5) is 0 Å². The minimum atomic E-state index is -2.97. The summed E-state index contributed by atoms with van der Waals surface area (Å²) in [6.45, 7) is 2.38. The molecule has 0 aliphatic heterocycles. The molecule has 0 unspecified atom stereocenters. The van der Waals surface area contributed by atoms with Crippen molar-refractivity contribution in [3.8, 4) is 0 Å². The normalized spacial score (nSPS) is 11.5. The van der Waals surface area contributed by atoms with E-state index in [2.05, 4.69) is 10.1 Å². The van der Waals surface area contributed by atoms with Gasteiger partial charge in [-0.2, -0.15) is 0 Å². The van der Waals surface area contributed by atoms with E-state index >= 15 is 0 Å². The Morgan fingerprint density at radius 2 is 2.17 bits per heavy atom. The molecule has 102 valence electrons. The Bertz CT molecular complexity index is 518. The van der Waals surface area contributed by atoms with Gasteiger partial charge in [-0.05, 0) is 13.0 Å². The van der Waals surface area contributed by atoms with Crippen molar-refractivity contribution >= 4 is 15.8 Å². The van der Waals surface area contributed by atoms with Crippen molar-refractivity contribution < 1.29 is 22.4 Å². The summed E-state index contributed by atoms with van der Waals surface area (Å²) in [7, 11) is -1.66. The zero-order valence-corrected chi connectivity index (χ0v) is 11.5. The Hall–Kier alpha value is -1.34. The Balaban J connectivity index is 2.51. The molecule has 1 N–H and O–H groups in total. The maximum Gasteiger partial charge on any atom is 0.341 e. The molecule has 0 amide bonds. The van der Waals surface area contributed by atoms with E-state index in [0.29, 0.717) is 30.2 Å². The van der Waals surface area contributed by atoms with Crippen molar-refractivity contribution in [3.05, 3.63) is 23.2 Å². The van der Waals surface area contributed by atoms with E-state index in [0.717, 1.165) is 0 Å². The highest BCUT2D eigenvalue weighted by Crippen LogP contribution is 2.15. The summed E-state index contributed by atoms with van der Waals surface area (Å²) in [6, 6.07) is 1.59. The number of hydrogen-bond acceptors (Lipinski definition) is 6. The number of aryl methyl sites for hydroxylation is 1. The van der Waals surface area contributed by atoms with E-state index in [1.165, 1.54) is 13.4 Å². The van der Waals surface area contributed by atoms with Crippen molar-refractivity contribution in [3.63, 3.8) is 0 Å². The first kappa shape index (κ1) is 14.7. The maximum atomic E-state index is 11.3. The van der Waals surface area contributed by atoms with Crippen molar-refractivity contribution in [2.24, 2.45) is 0 Å². The van der Waals surface area contributed by atoms with Crippen LogP contribution >= 0.6 is 0 Å². The van der Waals surface area contributed by atoms with Crippen LogP contribution in [0, 0.1) is 6.92 Å². The van der Waals surface area contributed by atoms with Crippen molar-refractivity contribution in [1.29, 1.82) is 0 Å². The summed E-state index contributed by atoms with van der Waals surface area (Å²) in [5, 5.41) is 2.93. The Morgan fingerprint density at radius 3 is 2.72 bits per heavy atom. The summed E-state index contributed by atoms with van der Waals surface area (Å²) < 4.78 is 31.8. The molecule has 1 aromatic heterocycles. The summed E-state index contributed by atoms with van der Waals surface area (Å²) >= 11 is 0. The number of sulfone groups is 1. The quantitative estimate of drug-likeness (QED) is 0.601. The Morgan fingerprint density at radius 1 is 1.50 bits per heavy atom. The lowest BCUT2D eigenvalue weighted by Gasteiger charge is -2.00. The molecule has 1 aromatic rings. The second-order valence-electron chi connectivity index (χ2n) is 3.98. The van der Waals surface area contributed by atoms with Gasteiger partial charge in [0.1, 0.15) is 26.9 Å². The van der Waals surface area contributed by atoms with Gasteiger partial charge < -0.3 is 14.5 Å². The lowest BCUT2D eigenvalue weighted by Crippen LogP contribution is -2.21. The molecule has 1 heterocycles. The highest BCUT2D eigenvalue weighted by atomic mass is 32.2. The Kier molecular flexibility index (Phi) is 4.92. The van der Waals surface area contributed by atoms with Gasteiger partial charge in [0.2, 0.25) is 0 Å². The zero-order chi connectivity index (χ0) is 13.8. The monoisotopic (exact) mass is 275 g/mol. The minimum absolute atomic E-state index is 0.0660. The average molecular weight is 275 g/mol. The third-order valence-electron chi connectivity index (χ3n) is 2.32. The molecule has 0 saturated carbocycles.